The van der Waals surface area contributed by atoms with Crippen molar-refractivity contribution in [3.63, 3.8) is 0 Å². The lowest BCUT2D eigenvalue weighted by Gasteiger charge is -2.04. The van der Waals surface area contributed by atoms with Crippen LogP contribution in [0.4, 0.5) is 0 Å². The third kappa shape index (κ3) is 1.69. The zero-order valence-corrected chi connectivity index (χ0v) is 10.9. The molecule has 0 aromatic carbocycles. The van der Waals surface area contributed by atoms with Crippen LogP contribution in [0.25, 0.3) is 11.2 Å². The molecule has 88 valence electrons. The van der Waals surface area contributed by atoms with Crippen LogP contribution >= 0.6 is 12.2 Å². The van der Waals surface area contributed by atoms with Gasteiger partial charge < -0.3 is 9.55 Å². The van der Waals surface area contributed by atoms with Crippen LogP contribution in [-0.4, -0.2) is 19.3 Å². The minimum absolute atomic E-state index is 0.811. The average molecular weight is 238 g/mol. The molecule has 5 heteroatoms. The van der Waals surface area contributed by atoms with Crippen molar-refractivity contribution in [1.29, 1.82) is 0 Å². The molecule has 0 saturated carbocycles. The molecule has 0 aliphatic heterocycles. The number of H-pyrrole nitrogens is 1. The van der Waals surface area contributed by atoms with E-state index in [-0.39, 0.29) is 0 Å². The average Bonchev–Trinajstić information content (AvgIpc) is 2.74. The number of aryl methyl sites for hydroxylation is 3. The molecule has 2 aromatic rings. The minimum atomic E-state index is 0.811. The van der Waals surface area contributed by atoms with Crippen LogP contribution in [0, 0.1) is 11.7 Å². The third-order valence-corrected chi connectivity index (χ3v) is 3.19. The molecular formula is C11H18N4S. The number of rotatable bonds is 4. The van der Waals surface area contributed by atoms with Gasteiger partial charge >= 0.3 is 0 Å². The van der Waals surface area contributed by atoms with Crippen LogP contribution in [0.2, 0.25) is 0 Å². The summed E-state index contributed by atoms with van der Waals surface area (Å²) in [4.78, 5) is 3.25. The summed E-state index contributed by atoms with van der Waals surface area (Å²) >= 11 is 5.35. The summed E-state index contributed by atoms with van der Waals surface area (Å²) in [6.07, 6.45) is 2.32. The van der Waals surface area contributed by atoms with Crippen LogP contribution in [0.1, 0.15) is 32.4 Å². The number of aromatic nitrogens is 4. The summed E-state index contributed by atoms with van der Waals surface area (Å²) in [5.74, 6) is 0. The Balaban J connectivity index is 2.61. The van der Waals surface area contributed by atoms with Gasteiger partial charge in [-0.2, -0.15) is 5.10 Å². The molecule has 0 unspecified atom stereocenters. The Kier molecular flexibility index (Phi) is 3.14. The molecule has 0 atom stereocenters. The van der Waals surface area contributed by atoms with E-state index in [0.717, 1.165) is 41.1 Å². The highest BCUT2D eigenvalue weighted by molar-refractivity contribution is 7.71. The lowest BCUT2D eigenvalue weighted by Crippen LogP contribution is -2.05. The third-order valence-electron chi connectivity index (χ3n) is 2.87. The van der Waals surface area contributed by atoms with Gasteiger partial charge in [0.25, 0.3) is 0 Å². The molecule has 0 saturated heterocycles. The monoisotopic (exact) mass is 238 g/mol. The number of nitrogens with zero attached hydrogens (tertiary/aromatic N) is 3. The summed E-state index contributed by atoms with van der Waals surface area (Å²) < 4.78 is 5.00. The van der Waals surface area contributed by atoms with Gasteiger partial charge in [-0.25, -0.2) is 4.68 Å². The van der Waals surface area contributed by atoms with Gasteiger partial charge in [-0.05, 0) is 32.5 Å². The van der Waals surface area contributed by atoms with E-state index in [4.69, 9.17) is 12.2 Å². The Bertz CT molecular complexity index is 546. The quantitative estimate of drug-likeness (QED) is 0.831. The second kappa shape index (κ2) is 4.41. The van der Waals surface area contributed by atoms with E-state index in [1.54, 1.807) is 0 Å². The molecule has 0 aliphatic rings. The standard InChI is InChI=1S/C11H18N4S/c1-4-6-7-14-10-9(12-11(14)16)8(3)13-15(10)5-2/h4-7H2,1-3H3,(H,12,16). The van der Waals surface area contributed by atoms with Gasteiger partial charge in [-0.15, -0.1) is 0 Å². The molecule has 0 fully saturated rings. The van der Waals surface area contributed by atoms with Crippen molar-refractivity contribution in [2.24, 2.45) is 0 Å². The predicted molar refractivity (Wildman–Crippen MR) is 68.2 cm³/mol. The molecule has 1 N–H and O–H groups in total. The van der Waals surface area contributed by atoms with Crippen LogP contribution in [-0.2, 0) is 13.1 Å². The highest BCUT2D eigenvalue weighted by Gasteiger charge is 2.12. The molecule has 0 bridgehead atoms. The van der Waals surface area contributed by atoms with E-state index >= 15 is 0 Å². The maximum atomic E-state index is 5.35. The van der Waals surface area contributed by atoms with Gasteiger partial charge in [0.2, 0.25) is 0 Å². The number of imidazole rings is 1. The largest absolute Gasteiger partial charge is 0.328 e. The predicted octanol–water partition coefficient (Wildman–Crippen LogP) is 3.02. The number of aromatic amines is 1. The van der Waals surface area contributed by atoms with Crippen LogP contribution in [0.3, 0.4) is 0 Å². The molecule has 0 spiro atoms. The Labute approximate surface area is 100 Å². The smallest absolute Gasteiger partial charge is 0.179 e. The summed E-state index contributed by atoms with van der Waals surface area (Å²) in [7, 11) is 0. The fraction of sp³-hybridized carbons (Fsp3) is 0.636. The van der Waals surface area contributed by atoms with Crippen LogP contribution in [0.15, 0.2) is 0 Å². The summed E-state index contributed by atoms with van der Waals surface area (Å²) in [5.41, 5.74) is 3.25. The van der Waals surface area contributed by atoms with E-state index in [9.17, 15) is 0 Å². The van der Waals surface area contributed by atoms with Gasteiger partial charge in [-0.1, -0.05) is 13.3 Å². The minimum Gasteiger partial charge on any atom is -0.328 e. The highest BCUT2D eigenvalue weighted by Crippen LogP contribution is 2.18. The van der Waals surface area contributed by atoms with Crippen molar-refractivity contribution in [1.82, 2.24) is 19.3 Å². The second-order valence-corrected chi connectivity index (χ2v) is 4.42. The lowest BCUT2D eigenvalue weighted by molar-refractivity contribution is 0.597. The molecule has 4 nitrogen and oxygen atoms in total. The number of hydrogen-bond acceptors (Lipinski definition) is 2. The first-order valence-electron chi connectivity index (χ1n) is 5.85. The molecule has 2 rings (SSSR count). The Morgan fingerprint density at radius 1 is 1.38 bits per heavy atom. The van der Waals surface area contributed by atoms with Gasteiger partial charge in [0.1, 0.15) is 5.52 Å². The fourth-order valence-corrected chi connectivity index (χ4v) is 2.28. The van der Waals surface area contributed by atoms with Gasteiger partial charge in [0.05, 0.1) is 5.69 Å². The summed E-state index contributed by atoms with van der Waals surface area (Å²) in [5, 5.41) is 4.50. The van der Waals surface area contributed by atoms with Gasteiger partial charge in [-0.3, -0.25) is 0 Å². The lowest BCUT2D eigenvalue weighted by atomic mass is 10.3. The molecule has 0 aliphatic carbocycles. The van der Waals surface area contributed by atoms with Gasteiger partial charge in [0.15, 0.2) is 10.4 Å². The van der Waals surface area contributed by atoms with Crippen molar-refractivity contribution in [3.8, 4) is 0 Å². The van der Waals surface area contributed by atoms with E-state index in [1.807, 2.05) is 11.6 Å². The highest BCUT2D eigenvalue weighted by atomic mass is 32.1. The summed E-state index contributed by atoms with van der Waals surface area (Å²) in [6, 6.07) is 0. The van der Waals surface area contributed by atoms with Crippen LogP contribution in [0.5, 0.6) is 0 Å². The summed E-state index contributed by atoms with van der Waals surface area (Å²) in [6.45, 7) is 8.16. The van der Waals surface area contributed by atoms with Crippen molar-refractivity contribution >= 4 is 23.4 Å². The topological polar surface area (TPSA) is 38.5 Å². The van der Waals surface area contributed by atoms with Gasteiger partial charge in [0, 0.05) is 13.1 Å². The SMILES string of the molecule is CCCCn1c(=S)[nH]c2c(C)nn(CC)c21. The zero-order valence-electron chi connectivity index (χ0n) is 10.1. The first kappa shape index (κ1) is 11.4. The number of fused-ring (bicyclic) bond motifs is 1. The van der Waals surface area contributed by atoms with Crippen molar-refractivity contribution in [2.75, 3.05) is 0 Å². The molecule has 2 aromatic heterocycles. The first-order valence-corrected chi connectivity index (χ1v) is 6.25. The Morgan fingerprint density at radius 3 is 2.75 bits per heavy atom. The molecule has 0 radical (unpaired) electrons. The van der Waals surface area contributed by atoms with Crippen molar-refractivity contribution < 1.29 is 0 Å². The van der Waals surface area contributed by atoms with Crippen molar-refractivity contribution in [2.45, 2.75) is 46.7 Å². The zero-order chi connectivity index (χ0) is 11.7. The van der Waals surface area contributed by atoms with E-state index in [1.165, 1.54) is 6.42 Å². The van der Waals surface area contributed by atoms with Crippen molar-refractivity contribution in [3.05, 3.63) is 10.5 Å². The molecular weight excluding hydrogens is 220 g/mol. The first-order chi connectivity index (χ1) is 7.69. The fourth-order valence-electron chi connectivity index (χ4n) is 2.00. The maximum absolute atomic E-state index is 5.35. The maximum Gasteiger partial charge on any atom is 0.179 e. The van der Waals surface area contributed by atoms with Crippen LogP contribution < -0.4 is 0 Å². The Hall–Kier alpha value is -1.10. The Morgan fingerprint density at radius 2 is 2.12 bits per heavy atom. The normalized spacial score (nSPS) is 11.4. The van der Waals surface area contributed by atoms with E-state index < -0.39 is 0 Å². The number of hydrogen-bond donors (Lipinski definition) is 1. The molecule has 0 amide bonds. The van der Waals surface area contributed by atoms with E-state index in [0.29, 0.717) is 0 Å². The number of unbranched alkanes of at least 4 members (excludes halogenated alkanes) is 1. The van der Waals surface area contributed by atoms with E-state index in [2.05, 4.69) is 28.5 Å². The number of nitrogens with one attached hydrogen (secondary N) is 1. The molecule has 2 heterocycles. The second-order valence-electron chi connectivity index (χ2n) is 4.04. The molecule has 16 heavy (non-hydrogen) atoms.